The summed E-state index contributed by atoms with van der Waals surface area (Å²) in [6.07, 6.45) is 4.76. The lowest BCUT2D eigenvalue weighted by atomic mass is 10.2. The number of benzene rings is 1. The van der Waals surface area contributed by atoms with E-state index in [-0.39, 0.29) is 18.2 Å². The van der Waals surface area contributed by atoms with Crippen LogP contribution in [0.25, 0.3) is 11.4 Å². The Hall–Kier alpha value is -2.41. The van der Waals surface area contributed by atoms with Gasteiger partial charge >= 0.3 is 6.03 Å². The predicted molar refractivity (Wildman–Crippen MR) is 87.0 cm³/mol. The van der Waals surface area contributed by atoms with Crippen molar-refractivity contribution in [1.29, 1.82) is 0 Å². The van der Waals surface area contributed by atoms with Crippen LogP contribution in [0.2, 0.25) is 0 Å². The lowest BCUT2D eigenvalue weighted by molar-refractivity contribution is 0.0882. The van der Waals surface area contributed by atoms with Gasteiger partial charge in [-0.15, -0.1) is 0 Å². The predicted octanol–water partition coefficient (Wildman–Crippen LogP) is 2.17. The van der Waals surface area contributed by atoms with Crippen LogP contribution in [-0.2, 0) is 11.8 Å². The number of amides is 2. The Morgan fingerprint density at radius 2 is 2.26 bits per heavy atom. The summed E-state index contributed by atoms with van der Waals surface area (Å²) in [4.78, 5) is 16.4. The normalized spacial score (nSPS) is 20.4. The Labute approximate surface area is 135 Å². The van der Waals surface area contributed by atoms with Crippen LogP contribution in [0.15, 0.2) is 30.6 Å². The first kappa shape index (κ1) is 15.5. The van der Waals surface area contributed by atoms with Gasteiger partial charge in [-0.2, -0.15) is 5.10 Å². The van der Waals surface area contributed by atoms with Crippen molar-refractivity contribution in [1.82, 2.24) is 20.1 Å². The van der Waals surface area contributed by atoms with Gasteiger partial charge in [0.1, 0.15) is 6.33 Å². The van der Waals surface area contributed by atoms with E-state index in [4.69, 9.17) is 4.74 Å². The smallest absolute Gasteiger partial charge is 0.319 e. The second-order valence-electron chi connectivity index (χ2n) is 5.73. The summed E-state index contributed by atoms with van der Waals surface area (Å²) in [5, 5.41) is 10.1. The zero-order chi connectivity index (χ0) is 16.2. The molecule has 2 N–H and O–H groups in total. The molecule has 0 unspecified atom stereocenters. The molecule has 1 aromatic carbocycles. The van der Waals surface area contributed by atoms with Crippen molar-refractivity contribution >= 4 is 11.7 Å². The Kier molecular flexibility index (Phi) is 4.57. The highest BCUT2D eigenvalue weighted by molar-refractivity contribution is 5.90. The van der Waals surface area contributed by atoms with Gasteiger partial charge < -0.3 is 15.4 Å². The minimum absolute atomic E-state index is 0.0700. The molecular weight excluding hydrogens is 294 g/mol. The summed E-state index contributed by atoms with van der Waals surface area (Å²) < 4.78 is 7.04. The summed E-state index contributed by atoms with van der Waals surface area (Å²) in [5.41, 5.74) is 1.57. The van der Waals surface area contributed by atoms with E-state index in [1.165, 1.54) is 0 Å². The third-order valence-electron chi connectivity index (χ3n) is 4.05. The number of nitrogens with zero attached hydrogens (tertiary/aromatic N) is 3. The average Bonchev–Trinajstić information content (AvgIpc) is 3.16. The molecule has 0 aliphatic heterocycles. The van der Waals surface area contributed by atoms with Crippen LogP contribution in [-0.4, -0.2) is 40.1 Å². The standard InChI is InChI=1S/C16H21N5O2/c1-21-10-17-15(20-21)11-5-3-6-12(9-11)18-16(22)19-13-7-4-8-14(13)23-2/h3,5-6,9-10,13-14H,4,7-8H2,1-2H3,(H2,18,19,22)/t13-,14-/m0/s1. The van der Waals surface area contributed by atoms with E-state index in [1.54, 1.807) is 18.1 Å². The van der Waals surface area contributed by atoms with E-state index in [9.17, 15) is 4.79 Å². The number of hydrogen-bond donors (Lipinski definition) is 2. The Balaban J connectivity index is 1.64. The van der Waals surface area contributed by atoms with Crippen molar-refractivity contribution < 1.29 is 9.53 Å². The topological polar surface area (TPSA) is 81.1 Å². The number of urea groups is 1. The molecule has 0 bridgehead atoms. The first-order valence-electron chi connectivity index (χ1n) is 7.72. The Morgan fingerprint density at radius 1 is 1.39 bits per heavy atom. The number of carbonyl (C=O) groups excluding carboxylic acids is 1. The minimum atomic E-state index is -0.218. The fraction of sp³-hybridized carbons (Fsp3) is 0.438. The largest absolute Gasteiger partial charge is 0.379 e. The maximum atomic E-state index is 12.2. The zero-order valence-corrected chi connectivity index (χ0v) is 13.3. The Morgan fingerprint density at radius 3 is 3.00 bits per heavy atom. The molecule has 7 nitrogen and oxygen atoms in total. The highest BCUT2D eigenvalue weighted by atomic mass is 16.5. The number of aryl methyl sites for hydroxylation is 1. The molecule has 2 aromatic rings. The van der Waals surface area contributed by atoms with Crippen LogP contribution in [0.3, 0.4) is 0 Å². The molecule has 1 aliphatic carbocycles. The van der Waals surface area contributed by atoms with Gasteiger partial charge in [0.2, 0.25) is 0 Å². The van der Waals surface area contributed by atoms with Gasteiger partial charge in [0, 0.05) is 25.4 Å². The maximum absolute atomic E-state index is 12.2. The molecule has 3 rings (SSSR count). The number of anilines is 1. The molecule has 1 aliphatic rings. The van der Waals surface area contributed by atoms with Crippen molar-refractivity contribution in [2.75, 3.05) is 12.4 Å². The third kappa shape index (κ3) is 3.68. The van der Waals surface area contributed by atoms with Crippen molar-refractivity contribution in [3.05, 3.63) is 30.6 Å². The van der Waals surface area contributed by atoms with Gasteiger partial charge in [0.15, 0.2) is 5.82 Å². The van der Waals surface area contributed by atoms with Crippen molar-refractivity contribution in [3.63, 3.8) is 0 Å². The number of rotatable bonds is 4. The molecule has 0 saturated heterocycles. The van der Waals surface area contributed by atoms with E-state index in [2.05, 4.69) is 20.7 Å². The van der Waals surface area contributed by atoms with Gasteiger partial charge in [0.05, 0.1) is 12.1 Å². The minimum Gasteiger partial charge on any atom is -0.379 e. The fourth-order valence-electron chi connectivity index (χ4n) is 2.92. The first-order chi connectivity index (χ1) is 11.2. The molecule has 1 saturated carbocycles. The molecule has 0 radical (unpaired) electrons. The van der Waals surface area contributed by atoms with E-state index < -0.39 is 0 Å². The van der Waals surface area contributed by atoms with E-state index in [0.29, 0.717) is 11.5 Å². The first-order valence-corrected chi connectivity index (χ1v) is 7.72. The molecular formula is C16H21N5O2. The molecule has 1 heterocycles. The number of methoxy groups -OCH3 is 1. The molecule has 2 amide bonds. The van der Waals surface area contributed by atoms with Crippen molar-refractivity contribution in [3.8, 4) is 11.4 Å². The number of nitrogens with one attached hydrogen (secondary N) is 2. The maximum Gasteiger partial charge on any atom is 0.319 e. The summed E-state index contributed by atoms with van der Waals surface area (Å²) in [6.45, 7) is 0. The van der Waals surface area contributed by atoms with Gasteiger partial charge in [-0.05, 0) is 31.4 Å². The fourth-order valence-corrected chi connectivity index (χ4v) is 2.92. The van der Waals surface area contributed by atoms with Crippen LogP contribution < -0.4 is 10.6 Å². The molecule has 7 heteroatoms. The lowest BCUT2D eigenvalue weighted by Crippen LogP contribution is -2.42. The highest BCUT2D eigenvalue weighted by Gasteiger charge is 2.28. The van der Waals surface area contributed by atoms with Crippen LogP contribution in [0, 0.1) is 0 Å². The molecule has 1 fully saturated rings. The molecule has 0 spiro atoms. The summed E-state index contributed by atoms with van der Waals surface area (Å²) in [5.74, 6) is 0.631. The number of hydrogen-bond acceptors (Lipinski definition) is 4. The summed E-state index contributed by atoms with van der Waals surface area (Å²) in [6, 6.07) is 7.34. The molecule has 122 valence electrons. The van der Waals surface area contributed by atoms with Gasteiger partial charge in [-0.1, -0.05) is 12.1 Å². The average molecular weight is 315 g/mol. The summed E-state index contributed by atoms with van der Waals surface area (Å²) in [7, 11) is 3.51. The zero-order valence-electron chi connectivity index (χ0n) is 13.3. The van der Waals surface area contributed by atoms with Crippen LogP contribution in [0.4, 0.5) is 10.5 Å². The van der Waals surface area contributed by atoms with Crippen molar-refractivity contribution in [2.24, 2.45) is 7.05 Å². The monoisotopic (exact) mass is 315 g/mol. The van der Waals surface area contributed by atoms with E-state index >= 15 is 0 Å². The van der Waals surface area contributed by atoms with E-state index in [1.807, 2.05) is 31.3 Å². The molecule has 23 heavy (non-hydrogen) atoms. The molecule has 2 atom stereocenters. The Bertz CT molecular complexity index is 685. The van der Waals surface area contributed by atoms with Gasteiger partial charge in [-0.25, -0.2) is 9.78 Å². The number of carbonyl (C=O) groups is 1. The van der Waals surface area contributed by atoms with Crippen LogP contribution in [0.5, 0.6) is 0 Å². The second-order valence-corrected chi connectivity index (χ2v) is 5.73. The SMILES string of the molecule is CO[C@H]1CCC[C@@H]1NC(=O)Nc1cccc(-c2ncn(C)n2)c1. The molecule has 1 aromatic heterocycles. The van der Waals surface area contributed by atoms with Crippen molar-refractivity contribution in [2.45, 2.75) is 31.4 Å². The van der Waals surface area contributed by atoms with E-state index in [0.717, 1.165) is 24.8 Å². The third-order valence-corrected chi connectivity index (χ3v) is 4.05. The van der Waals surface area contributed by atoms with Crippen LogP contribution in [0.1, 0.15) is 19.3 Å². The quantitative estimate of drug-likeness (QED) is 0.906. The highest BCUT2D eigenvalue weighted by Crippen LogP contribution is 2.22. The van der Waals surface area contributed by atoms with Gasteiger partial charge in [0.25, 0.3) is 0 Å². The second kappa shape index (κ2) is 6.78. The number of ether oxygens (including phenoxy) is 1. The summed E-state index contributed by atoms with van der Waals surface area (Å²) >= 11 is 0. The number of aromatic nitrogens is 3. The lowest BCUT2D eigenvalue weighted by Gasteiger charge is -2.19. The van der Waals surface area contributed by atoms with Gasteiger partial charge in [-0.3, -0.25) is 4.68 Å². The van der Waals surface area contributed by atoms with Crippen LogP contribution >= 0.6 is 0 Å².